The minimum absolute atomic E-state index is 0.928. The summed E-state index contributed by atoms with van der Waals surface area (Å²) in [5.74, 6) is 0.987. The molecule has 3 atom stereocenters. The summed E-state index contributed by atoms with van der Waals surface area (Å²) in [6.45, 7) is 2.42. The summed E-state index contributed by atoms with van der Waals surface area (Å²) in [6.07, 6.45) is 7.29. The zero-order chi connectivity index (χ0) is 7.84. The van der Waals surface area contributed by atoms with Crippen LogP contribution in [0.5, 0.6) is 0 Å². The van der Waals surface area contributed by atoms with Gasteiger partial charge in [0.25, 0.3) is 0 Å². The molecule has 11 heavy (non-hydrogen) atoms. The molecule has 2 bridgehead atoms. The highest BCUT2D eigenvalue weighted by Crippen LogP contribution is 2.35. The second-order valence-electron chi connectivity index (χ2n) is 4.48. The number of piperidine rings is 2. The van der Waals surface area contributed by atoms with Crippen LogP contribution in [0.3, 0.4) is 0 Å². The van der Waals surface area contributed by atoms with Crippen LogP contribution in [0.25, 0.3) is 0 Å². The summed E-state index contributed by atoms with van der Waals surface area (Å²) in [6, 6.07) is 1.86. The molecule has 2 aliphatic heterocycles. The van der Waals surface area contributed by atoms with Crippen molar-refractivity contribution in [2.45, 2.75) is 51.1 Å². The van der Waals surface area contributed by atoms with Crippen molar-refractivity contribution in [2.75, 3.05) is 7.05 Å². The molecule has 1 heteroatoms. The molecule has 0 N–H and O–H groups in total. The molecular formula is C10H19N. The van der Waals surface area contributed by atoms with E-state index in [0.717, 1.165) is 18.0 Å². The van der Waals surface area contributed by atoms with E-state index >= 15 is 0 Å². The molecule has 2 saturated heterocycles. The summed E-state index contributed by atoms with van der Waals surface area (Å²) >= 11 is 0. The molecule has 1 unspecified atom stereocenters. The summed E-state index contributed by atoms with van der Waals surface area (Å²) in [5.41, 5.74) is 0. The molecule has 0 radical (unpaired) electrons. The van der Waals surface area contributed by atoms with E-state index < -0.39 is 0 Å². The van der Waals surface area contributed by atoms with Crippen LogP contribution in [0.2, 0.25) is 0 Å². The van der Waals surface area contributed by atoms with E-state index in [-0.39, 0.29) is 0 Å². The van der Waals surface area contributed by atoms with Crippen LogP contribution in [0.4, 0.5) is 0 Å². The lowest BCUT2D eigenvalue weighted by molar-refractivity contribution is 0.0415. The maximum atomic E-state index is 2.63. The van der Waals surface area contributed by atoms with Crippen molar-refractivity contribution < 1.29 is 0 Å². The SMILES string of the molecule is CC1C[C@H]2CCC[C@@H](C1)N2C. The molecule has 2 rings (SSSR count). The topological polar surface area (TPSA) is 3.24 Å². The minimum Gasteiger partial charge on any atom is -0.300 e. The molecule has 2 heterocycles. The first-order valence-corrected chi connectivity index (χ1v) is 4.99. The van der Waals surface area contributed by atoms with Crippen molar-refractivity contribution in [1.82, 2.24) is 4.90 Å². The van der Waals surface area contributed by atoms with Gasteiger partial charge in [-0.05, 0) is 38.6 Å². The van der Waals surface area contributed by atoms with Crippen LogP contribution in [0.1, 0.15) is 39.0 Å². The van der Waals surface area contributed by atoms with Crippen molar-refractivity contribution in [3.05, 3.63) is 0 Å². The average molecular weight is 153 g/mol. The molecule has 0 aromatic rings. The first-order valence-electron chi connectivity index (χ1n) is 4.99. The van der Waals surface area contributed by atoms with E-state index in [1.54, 1.807) is 0 Å². The molecular weight excluding hydrogens is 134 g/mol. The van der Waals surface area contributed by atoms with E-state index in [4.69, 9.17) is 0 Å². The summed E-state index contributed by atoms with van der Waals surface area (Å²) in [7, 11) is 2.32. The van der Waals surface area contributed by atoms with Gasteiger partial charge in [-0.2, -0.15) is 0 Å². The van der Waals surface area contributed by atoms with Crippen molar-refractivity contribution >= 4 is 0 Å². The van der Waals surface area contributed by atoms with Crippen LogP contribution in [-0.2, 0) is 0 Å². The Bertz CT molecular complexity index is 130. The first kappa shape index (κ1) is 7.60. The normalized spacial score (nSPS) is 45.8. The van der Waals surface area contributed by atoms with Gasteiger partial charge in [0.2, 0.25) is 0 Å². The maximum Gasteiger partial charge on any atom is 0.00977 e. The highest BCUT2D eigenvalue weighted by molar-refractivity contribution is 4.89. The van der Waals surface area contributed by atoms with Gasteiger partial charge in [-0.1, -0.05) is 13.3 Å². The Morgan fingerprint density at radius 2 is 1.64 bits per heavy atom. The van der Waals surface area contributed by atoms with Crippen LogP contribution in [-0.4, -0.2) is 24.0 Å². The Balaban J connectivity index is 2.07. The molecule has 1 nitrogen and oxygen atoms in total. The molecule has 2 aliphatic rings. The Morgan fingerprint density at radius 3 is 2.18 bits per heavy atom. The van der Waals surface area contributed by atoms with E-state index in [1.807, 2.05) is 0 Å². The van der Waals surface area contributed by atoms with Gasteiger partial charge >= 0.3 is 0 Å². The number of nitrogens with zero attached hydrogens (tertiary/aromatic N) is 1. The van der Waals surface area contributed by atoms with Gasteiger partial charge in [-0.25, -0.2) is 0 Å². The number of hydrogen-bond acceptors (Lipinski definition) is 1. The van der Waals surface area contributed by atoms with Gasteiger partial charge in [-0.15, -0.1) is 0 Å². The predicted octanol–water partition coefficient (Wildman–Crippen LogP) is 2.27. The quantitative estimate of drug-likeness (QED) is 0.516. The van der Waals surface area contributed by atoms with Gasteiger partial charge in [0.1, 0.15) is 0 Å². The lowest BCUT2D eigenvalue weighted by atomic mass is 9.80. The lowest BCUT2D eigenvalue weighted by Gasteiger charge is -2.46. The zero-order valence-electron chi connectivity index (χ0n) is 7.71. The molecule has 0 amide bonds. The summed E-state index contributed by atoms with van der Waals surface area (Å²) < 4.78 is 0. The Morgan fingerprint density at radius 1 is 1.09 bits per heavy atom. The predicted molar refractivity (Wildman–Crippen MR) is 47.6 cm³/mol. The molecule has 0 aromatic heterocycles. The third-order valence-electron chi connectivity index (χ3n) is 3.58. The van der Waals surface area contributed by atoms with Crippen LogP contribution in [0, 0.1) is 5.92 Å². The third-order valence-corrected chi connectivity index (χ3v) is 3.58. The van der Waals surface area contributed by atoms with Crippen LogP contribution >= 0.6 is 0 Å². The van der Waals surface area contributed by atoms with E-state index in [0.29, 0.717) is 0 Å². The fraction of sp³-hybridized carbons (Fsp3) is 1.00. The van der Waals surface area contributed by atoms with E-state index in [2.05, 4.69) is 18.9 Å². The van der Waals surface area contributed by atoms with Crippen molar-refractivity contribution in [3.8, 4) is 0 Å². The lowest BCUT2D eigenvalue weighted by Crippen LogP contribution is -2.49. The fourth-order valence-electron chi connectivity index (χ4n) is 2.89. The Kier molecular flexibility index (Phi) is 1.92. The summed E-state index contributed by atoms with van der Waals surface area (Å²) in [5, 5.41) is 0. The van der Waals surface area contributed by atoms with Crippen molar-refractivity contribution in [1.29, 1.82) is 0 Å². The van der Waals surface area contributed by atoms with E-state index in [9.17, 15) is 0 Å². The standard InChI is InChI=1S/C10H19N/c1-8-6-9-4-3-5-10(7-8)11(9)2/h8-10H,3-7H2,1-2H3/t8?,9-,10+. The second kappa shape index (κ2) is 2.78. The largest absolute Gasteiger partial charge is 0.300 e. The number of hydrogen-bond donors (Lipinski definition) is 0. The number of fused-ring (bicyclic) bond motifs is 2. The summed E-state index contributed by atoms with van der Waals surface area (Å²) in [4.78, 5) is 2.63. The maximum absolute atomic E-state index is 2.63. The van der Waals surface area contributed by atoms with Crippen LogP contribution in [0.15, 0.2) is 0 Å². The van der Waals surface area contributed by atoms with Gasteiger partial charge in [0.15, 0.2) is 0 Å². The first-order chi connectivity index (χ1) is 5.27. The average Bonchev–Trinajstić information content (AvgIpc) is 1.92. The van der Waals surface area contributed by atoms with Crippen molar-refractivity contribution in [3.63, 3.8) is 0 Å². The van der Waals surface area contributed by atoms with Gasteiger partial charge in [-0.3, -0.25) is 0 Å². The van der Waals surface area contributed by atoms with Crippen LogP contribution < -0.4 is 0 Å². The van der Waals surface area contributed by atoms with Gasteiger partial charge in [0.05, 0.1) is 0 Å². The second-order valence-corrected chi connectivity index (χ2v) is 4.48. The number of rotatable bonds is 0. The monoisotopic (exact) mass is 153 g/mol. The molecule has 0 aromatic carbocycles. The molecule has 0 aliphatic carbocycles. The Labute approximate surface area is 69.8 Å². The van der Waals surface area contributed by atoms with E-state index in [1.165, 1.54) is 32.1 Å². The minimum atomic E-state index is 0.928. The third kappa shape index (κ3) is 1.31. The highest BCUT2D eigenvalue weighted by Gasteiger charge is 2.33. The molecule has 0 spiro atoms. The Hall–Kier alpha value is -0.0400. The molecule has 2 fully saturated rings. The molecule has 64 valence electrons. The smallest absolute Gasteiger partial charge is 0.00977 e. The highest BCUT2D eigenvalue weighted by atomic mass is 15.2. The molecule has 0 saturated carbocycles. The van der Waals surface area contributed by atoms with Gasteiger partial charge < -0.3 is 4.90 Å². The van der Waals surface area contributed by atoms with Crippen molar-refractivity contribution in [2.24, 2.45) is 5.92 Å². The zero-order valence-corrected chi connectivity index (χ0v) is 7.71. The van der Waals surface area contributed by atoms with Gasteiger partial charge in [0, 0.05) is 12.1 Å². The fourth-order valence-corrected chi connectivity index (χ4v) is 2.89.